The van der Waals surface area contributed by atoms with Crippen LogP contribution in [0.1, 0.15) is 0 Å². The number of fused-ring (bicyclic) bond motifs is 10. The Morgan fingerprint density at radius 3 is 1.81 bits per heavy atom. The highest BCUT2D eigenvalue weighted by Gasteiger charge is 2.22. The number of anilines is 3. The van der Waals surface area contributed by atoms with Gasteiger partial charge in [0.25, 0.3) is 0 Å². The highest BCUT2D eigenvalue weighted by Crippen LogP contribution is 2.51. The molecule has 0 unspecified atom stereocenters. The van der Waals surface area contributed by atoms with E-state index in [9.17, 15) is 0 Å². The summed E-state index contributed by atoms with van der Waals surface area (Å²) in [5.74, 6) is 0. The van der Waals surface area contributed by atoms with Gasteiger partial charge >= 0.3 is 0 Å². The quantitative estimate of drug-likeness (QED) is 0.186. The molecule has 0 aliphatic rings. The molecule has 220 valence electrons. The van der Waals surface area contributed by atoms with Crippen molar-refractivity contribution in [1.82, 2.24) is 0 Å². The first-order chi connectivity index (χ1) is 23.3. The lowest BCUT2D eigenvalue weighted by atomic mass is 10.0. The molecule has 1 nitrogen and oxygen atoms in total. The van der Waals surface area contributed by atoms with Crippen LogP contribution in [0.3, 0.4) is 0 Å². The molecule has 47 heavy (non-hydrogen) atoms. The number of thiophene rings is 2. The first kappa shape index (κ1) is 26.7. The van der Waals surface area contributed by atoms with Gasteiger partial charge in [0.1, 0.15) is 0 Å². The van der Waals surface area contributed by atoms with E-state index in [2.05, 4.69) is 169 Å². The van der Waals surface area contributed by atoms with Gasteiger partial charge in [0.2, 0.25) is 0 Å². The molecule has 0 fully saturated rings. The van der Waals surface area contributed by atoms with Crippen LogP contribution in [0.15, 0.2) is 164 Å². The number of rotatable bonds is 4. The fourth-order valence-corrected chi connectivity index (χ4v) is 9.79. The molecule has 0 aliphatic heterocycles. The molecular formula is C44H27NS2. The summed E-state index contributed by atoms with van der Waals surface area (Å²) in [6.07, 6.45) is 0. The third-order valence-electron chi connectivity index (χ3n) is 9.45. The van der Waals surface area contributed by atoms with E-state index in [0.717, 1.165) is 5.69 Å². The van der Waals surface area contributed by atoms with Crippen LogP contribution in [0.4, 0.5) is 17.1 Å². The van der Waals surface area contributed by atoms with Crippen molar-refractivity contribution >= 4 is 102 Å². The van der Waals surface area contributed by atoms with Crippen LogP contribution >= 0.6 is 22.7 Å². The van der Waals surface area contributed by atoms with Crippen LogP contribution < -0.4 is 4.90 Å². The summed E-state index contributed by atoms with van der Waals surface area (Å²) in [4.78, 5) is 2.48. The zero-order chi connectivity index (χ0) is 30.9. The maximum absolute atomic E-state index is 2.48. The SMILES string of the molecule is c1ccc(-c2ccc(N(c3cccc4ccccc34)c3cccc4sc5ccc6c(sc7ccc8ccccc8c76)c5c34)cc2)cc1. The molecule has 0 atom stereocenters. The van der Waals surface area contributed by atoms with E-state index in [1.807, 2.05) is 22.7 Å². The Morgan fingerprint density at radius 1 is 0.340 bits per heavy atom. The average Bonchev–Trinajstić information content (AvgIpc) is 3.72. The van der Waals surface area contributed by atoms with Crippen molar-refractivity contribution in [3.05, 3.63) is 164 Å². The van der Waals surface area contributed by atoms with Gasteiger partial charge in [-0.3, -0.25) is 0 Å². The molecule has 0 N–H and O–H groups in total. The highest BCUT2D eigenvalue weighted by atomic mass is 32.1. The lowest BCUT2D eigenvalue weighted by Crippen LogP contribution is -2.10. The molecule has 2 heterocycles. The minimum Gasteiger partial charge on any atom is -0.309 e. The number of hydrogen-bond acceptors (Lipinski definition) is 3. The van der Waals surface area contributed by atoms with Crippen molar-refractivity contribution in [2.45, 2.75) is 0 Å². The lowest BCUT2D eigenvalue weighted by Gasteiger charge is -2.28. The van der Waals surface area contributed by atoms with Crippen LogP contribution in [0.25, 0.3) is 73.0 Å². The number of nitrogens with zero attached hydrogens (tertiary/aromatic N) is 1. The second kappa shape index (κ2) is 10.5. The van der Waals surface area contributed by atoms with Crippen LogP contribution in [0.2, 0.25) is 0 Å². The minimum absolute atomic E-state index is 1.14. The minimum atomic E-state index is 1.14. The van der Waals surface area contributed by atoms with Crippen molar-refractivity contribution in [2.75, 3.05) is 4.90 Å². The molecule has 0 amide bonds. The average molecular weight is 634 g/mol. The molecule has 0 spiro atoms. The largest absolute Gasteiger partial charge is 0.309 e. The molecule has 10 aromatic rings. The van der Waals surface area contributed by atoms with Gasteiger partial charge in [-0.1, -0.05) is 121 Å². The molecule has 0 aliphatic carbocycles. The van der Waals surface area contributed by atoms with Crippen LogP contribution in [-0.2, 0) is 0 Å². The van der Waals surface area contributed by atoms with Crippen molar-refractivity contribution in [1.29, 1.82) is 0 Å². The standard InChI is InChI=1S/C44H27NS2/c1-2-10-28(11-3-1)29-20-23-32(24-21-29)45(36-17-8-14-30-12-4-6-15-33(30)36)37-18-9-19-38-42(37)43-40(46-38)27-25-35-41-34-16-7-5-13-31(34)22-26-39(41)47-44(35)43/h1-27H. The van der Waals surface area contributed by atoms with Crippen molar-refractivity contribution in [3.8, 4) is 11.1 Å². The summed E-state index contributed by atoms with van der Waals surface area (Å²) in [6, 6.07) is 59.9. The Kier molecular flexibility index (Phi) is 5.98. The second-order valence-corrected chi connectivity index (χ2v) is 14.2. The summed E-state index contributed by atoms with van der Waals surface area (Å²) in [6.45, 7) is 0. The van der Waals surface area contributed by atoms with Gasteiger partial charge in [-0.2, -0.15) is 0 Å². The Hall–Kier alpha value is -5.48. The smallest absolute Gasteiger partial charge is 0.0555 e. The van der Waals surface area contributed by atoms with E-state index in [1.54, 1.807) is 0 Å². The first-order valence-corrected chi connectivity index (χ1v) is 17.6. The monoisotopic (exact) mass is 633 g/mol. The van der Waals surface area contributed by atoms with Gasteiger partial charge in [0.15, 0.2) is 0 Å². The summed E-state index contributed by atoms with van der Waals surface area (Å²) in [5, 5.41) is 10.5. The third-order valence-corrected chi connectivity index (χ3v) is 11.8. The molecule has 10 rings (SSSR count). The van der Waals surface area contributed by atoms with Crippen LogP contribution in [-0.4, -0.2) is 0 Å². The van der Waals surface area contributed by atoms with Crippen molar-refractivity contribution < 1.29 is 0 Å². The van der Waals surface area contributed by atoms with E-state index in [4.69, 9.17) is 0 Å². The molecule has 0 bridgehead atoms. The van der Waals surface area contributed by atoms with Gasteiger partial charge in [-0.25, -0.2) is 0 Å². The summed E-state index contributed by atoms with van der Waals surface area (Å²) in [5.41, 5.74) is 5.96. The van der Waals surface area contributed by atoms with E-state index < -0.39 is 0 Å². The fourth-order valence-electron chi connectivity index (χ4n) is 7.32. The normalized spacial score (nSPS) is 11.8. The Morgan fingerprint density at radius 2 is 0.957 bits per heavy atom. The summed E-state index contributed by atoms with van der Waals surface area (Å²) >= 11 is 3.82. The van der Waals surface area contributed by atoms with Crippen molar-refractivity contribution in [2.24, 2.45) is 0 Å². The molecule has 2 aromatic heterocycles. The lowest BCUT2D eigenvalue weighted by molar-refractivity contribution is 1.32. The molecule has 3 heteroatoms. The van der Waals surface area contributed by atoms with Gasteiger partial charge in [-0.15, -0.1) is 22.7 Å². The maximum atomic E-state index is 2.48. The predicted octanol–water partition coefficient (Wildman–Crippen LogP) is 13.9. The van der Waals surface area contributed by atoms with Gasteiger partial charge < -0.3 is 4.90 Å². The topological polar surface area (TPSA) is 3.24 Å². The molecule has 0 saturated carbocycles. The zero-order valence-corrected chi connectivity index (χ0v) is 27.0. The van der Waals surface area contributed by atoms with E-state index in [-0.39, 0.29) is 0 Å². The second-order valence-electron chi connectivity index (χ2n) is 12.1. The van der Waals surface area contributed by atoms with Gasteiger partial charge in [0, 0.05) is 51.4 Å². The molecular weight excluding hydrogens is 607 g/mol. The Balaban J connectivity index is 1.29. The van der Waals surface area contributed by atoms with E-state index in [0.29, 0.717) is 0 Å². The van der Waals surface area contributed by atoms with Crippen LogP contribution in [0.5, 0.6) is 0 Å². The molecule has 0 radical (unpaired) electrons. The third kappa shape index (κ3) is 4.14. The van der Waals surface area contributed by atoms with E-state index >= 15 is 0 Å². The van der Waals surface area contributed by atoms with Crippen LogP contribution in [0, 0.1) is 0 Å². The summed E-state index contributed by atoms with van der Waals surface area (Å²) in [7, 11) is 0. The fraction of sp³-hybridized carbons (Fsp3) is 0. The number of hydrogen-bond donors (Lipinski definition) is 0. The molecule has 0 saturated heterocycles. The Labute approximate surface area is 280 Å². The van der Waals surface area contributed by atoms with Crippen molar-refractivity contribution in [3.63, 3.8) is 0 Å². The van der Waals surface area contributed by atoms with Gasteiger partial charge in [-0.05, 0) is 69.8 Å². The maximum Gasteiger partial charge on any atom is 0.0555 e. The number of benzene rings is 8. The highest BCUT2D eigenvalue weighted by molar-refractivity contribution is 7.30. The molecule has 8 aromatic carbocycles. The summed E-state index contributed by atoms with van der Waals surface area (Å²) < 4.78 is 5.34. The zero-order valence-electron chi connectivity index (χ0n) is 25.4. The first-order valence-electron chi connectivity index (χ1n) is 15.9. The van der Waals surface area contributed by atoms with Gasteiger partial charge in [0.05, 0.1) is 11.4 Å². The predicted molar refractivity (Wildman–Crippen MR) is 207 cm³/mol. The van der Waals surface area contributed by atoms with E-state index in [1.165, 1.54) is 84.4 Å². The Bertz CT molecular complexity index is 2780.